The Morgan fingerprint density at radius 3 is 2.38 bits per heavy atom. The predicted molar refractivity (Wildman–Crippen MR) is 73.4 cm³/mol. The highest BCUT2D eigenvalue weighted by molar-refractivity contribution is 9.09. The third-order valence-electron chi connectivity index (χ3n) is 2.40. The summed E-state index contributed by atoms with van der Waals surface area (Å²) in [5.41, 5.74) is 1.17. The van der Waals surface area contributed by atoms with Crippen LogP contribution >= 0.6 is 27.5 Å². The van der Waals surface area contributed by atoms with Crippen molar-refractivity contribution in [2.75, 3.05) is 11.9 Å². The van der Waals surface area contributed by atoms with Gasteiger partial charge in [-0.3, -0.25) is 0 Å². The van der Waals surface area contributed by atoms with Crippen molar-refractivity contribution in [3.05, 3.63) is 34.9 Å². The highest BCUT2D eigenvalue weighted by Gasteiger charge is 2.10. The largest absolute Gasteiger partial charge is 0.373 e. The monoisotopic (exact) mass is 304 g/mol. The van der Waals surface area contributed by atoms with E-state index < -0.39 is 0 Å². The number of benzene rings is 1. The number of halogens is 2. The van der Waals surface area contributed by atoms with E-state index >= 15 is 0 Å². The summed E-state index contributed by atoms with van der Waals surface area (Å²) in [6.07, 6.45) is 1.22. The molecule has 0 saturated heterocycles. The summed E-state index contributed by atoms with van der Waals surface area (Å²) in [5, 5.41) is 1.58. The van der Waals surface area contributed by atoms with Gasteiger partial charge in [-0.25, -0.2) is 0 Å². The van der Waals surface area contributed by atoms with Gasteiger partial charge in [0.1, 0.15) is 0 Å². The Labute approximate surface area is 111 Å². The molecule has 0 aromatic heterocycles. The fourth-order valence-electron chi connectivity index (χ4n) is 1.35. The van der Waals surface area contributed by atoms with Gasteiger partial charge in [0.2, 0.25) is 0 Å². The van der Waals surface area contributed by atoms with Crippen LogP contribution in [0.1, 0.15) is 31.9 Å². The first-order chi connectivity index (χ1) is 7.63. The zero-order chi connectivity index (χ0) is 12.0. The summed E-state index contributed by atoms with van der Waals surface area (Å²) >= 11 is 9.33. The zero-order valence-electron chi connectivity index (χ0n) is 9.75. The summed E-state index contributed by atoms with van der Waals surface area (Å²) in [5.74, 6) is 0.682. The van der Waals surface area contributed by atoms with Gasteiger partial charge in [0.25, 0.3) is 0 Å². The second kappa shape index (κ2) is 7.31. The molecule has 1 aromatic carbocycles. The Balaban J connectivity index is 2.50. The highest BCUT2D eigenvalue weighted by atomic mass is 79.9. The Kier molecular flexibility index (Phi) is 6.40. The van der Waals surface area contributed by atoms with E-state index in [0.717, 1.165) is 23.4 Å². The minimum atomic E-state index is 0.121. The van der Waals surface area contributed by atoms with Crippen LogP contribution in [-0.4, -0.2) is 11.9 Å². The van der Waals surface area contributed by atoms with E-state index in [1.165, 1.54) is 5.56 Å². The van der Waals surface area contributed by atoms with Gasteiger partial charge in [-0.15, -0.1) is 0 Å². The lowest BCUT2D eigenvalue weighted by Crippen LogP contribution is -2.08. The molecule has 16 heavy (non-hydrogen) atoms. The Hall–Kier alpha value is -0.0500. The molecule has 1 aromatic rings. The van der Waals surface area contributed by atoms with Crippen molar-refractivity contribution >= 4 is 27.5 Å². The SMILES string of the molecule is CC(C)CCOC(CBr)c1ccc(Cl)cc1. The molecule has 0 aliphatic carbocycles. The maximum atomic E-state index is 5.85. The van der Waals surface area contributed by atoms with Crippen molar-refractivity contribution in [2.45, 2.75) is 26.4 Å². The molecule has 0 N–H and O–H groups in total. The van der Waals surface area contributed by atoms with E-state index in [4.69, 9.17) is 16.3 Å². The van der Waals surface area contributed by atoms with Gasteiger partial charge in [-0.2, -0.15) is 0 Å². The topological polar surface area (TPSA) is 9.23 Å². The molecule has 1 atom stereocenters. The second-order valence-corrected chi connectivity index (χ2v) is 5.33. The minimum absolute atomic E-state index is 0.121. The molecule has 1 nitrogen and oxygen atoms in total. The van der Waals surface area contributed by atoms with Crippen LogP contribution in [0.5, 0.6) is 0 Å². The van der Waals surface area contributed by atoms with Crippen molar-refractivity contribution in [1.29, 1.82) is 0 Å². The van der Waals surface area contributed by atoms with Crippen molar-refractivity contribution in [1.82, 2.24) is 0 Å². The van der Waals surface area contributed by atoms with Crippen LogP contribution in [0.2, 0.25) is 5.02 Å². The normalized spacial score (nSPS) is 13.1. The van der Waals surface area contributed by atoms with Gasteiger partial charge < -0.3 is 4.74 Å². The van der Waals surface area contributed by atoms with E-state index in [0.29, 0.717) is 5.92 Å². The van der Waals surface area contributed by atoms with Crippen LogP contribution in [0, 0.1) is 5.92 Å². The maximum Gasteiger partial charge on any atom is 0.0921 e. The smallest absolute Gasteiger partial charge is 0.0921 e. The van der Waals surface area contributed by atoms with Crippen LogP contribution < -0.4 is 0 Å². The van der Waals surface area contributed by atoms with Gasteiger partial charge in [0, 0.05) is 17.0 Å². The quantitative estimate of drug-likeness (QED) is 0.683. The first-order valence-electron chi connectivity index (χ1n) is 5.56. The molecule has 0 radical (unpaired) electrons. The Morgan fingerprint density at radius 1 is 1.25 bits per heavy atom. The molecular formula is C13H18BrClO. The van der Waals surface area contributed by atoms with Crippen molar-refractivity contribution in [3.8, 4) is 0 Å². The molecule has 0 heterocycles. The van der Waals surface area contributed by atoms with Crippen molar-refractivity contribution in [3.63, 3.8) is 0 Å². The predicted octanol–water partition coefficient (Wildman–Crippen LogP) is 4.84. The summed E-state index contributed by atoms with van der Waals surface area (Å²) in [4.78, 5) is 0. The highest BCUT2D eigenvalue weighted by Crippen LogP contribution is 2.22. The Bertz CT molecular complexity index is 297. The zero-order valence-corrected chi connectivity index (χ0v) is 12.1. The van der Waals surface area contributed by atoms with E-state index in [1.807, 2.05) is 24.3 Å². The van der Waals surface area contributed by atoms with Gasteiger partial charge >= 0.3 is 0 Å². The fourth-order valence-corrected chi connectivity index (χ4v) is 2.04. The van der Waals surface area contributed by atoms with E-state index in [-0.39, 0.29) is 6.10 Å². The van der Waals surface area contributed by atoms with Gasteiger partial charge in [-0.1, -0.05) is 53.5 Å². The second-order valence-electron chi connectivity index (χ2n) is 4.25. The molecule has 90 valence electrons. The third kappa shape index (κ3) is 4.86. The van der Waals surface area contributed by atoms with Crippen LogP contribution in [0.25, 0.3) is 0 Å². The van der Waals surface area contributed by atoms with E-state index in [9.17, 15) is 0 Å². The minimum Gasteiger partial charge on any atom is -0.373 e. The van der Waals surface area contributed by atoms with Crippen LogP contribution in [0.15, 0.2) is 24.3 Å². The molecule has 1 unspecified atom stereocenters. The van der Waals surface area contributed by atoms with Crippen LogP contribution in [-0.2, 0) is 4.74 Å². The third-order valence-corrected chi connectivity index (χ3v) is 3.24. The molecule has 1 rings (SSSR count). The van der Waals surface area contributed by atoms with Crippen molar-refractivity contribution < 1.29 is 4.74 Å². The number of hydrogen-bond donors (Lipinski definition) is 0. The maximum absolute atomic E-state index is 5.85. The standard InChI is InChI=1S/C13H18BrClO/c1-10(2)7-8-16-13(9-14)11-3-5-12(15)6-4-11/h3-6,10,13H,7-9H2,1-2H3. The molecule has 0 aliphatic rings. The molecule has 0 amide bonds. The van der Waals surface area contributed by atoms with Gasteiger partial charge in [0.05, 0.1) is 6.10 Å². The first-order valence-corrected chi connectivity index (χ1v) is 7.06. The fraction of sp³-hybridized carbons (Fsp3) is 0.538. The molecule has 0 bridgehead atoms. The molecule has 0 fully saturated rings. The lowest BCUT2D eigenvalue weighted by molar-refractivity contribution is 0.0622. The summed E-state index contributed by atoms with van der Waals surface area (Å²) < 4.78 is 5.84. The number of rotatable bonds is 6. The summed E-state index contributed by atoms with van der Waals surface area (Å²) in [6.45, 7) is 5.21. The average molecular weight is 306 g/mol. The number of hydrogen-bond acceptors (Lipinski definition) is 1. The van der Waals surface area contributed by atoms with Crippen LogP contribution in [0.4, 0.5) is 0 Å². The average Bonchev–Trinajstić information content (AvgIpc) is 2.26. The molecule has 0 spiro atoms. The van der Waals surface area contributed by atoms with Crippen molar-refractivity contribution in [2.24, 2.45) is 5.92 Å². The van der Waals surface area contributed by atoms with E-state index in [2.05, 4.69) is 29.8 Å². The van der Waals surface area contributed by atoms with E-state index in [1.54, 1.807) is 0 Å². The summed E-state index contributed by atoms with van der Waals surface area (Å²) in [6, 6.07) is 7.84. The Morgan fingerprint density at radius 2 is 1.88 bits per heavy atom. The molecule has 0 saturated carbocycles. The van der Waals surface area contributed by atoms with Gasteiger partial charge in [0.15, 0.2) is 0 Å². The molecular weight excluding hydrogens is 287 g/mol. The number of alkyl halides is 1. The summed E-state index contributed by atoms with van der Waals surface area (Å²) in [7, 11) is 0. The molecule has 3 heteroatoms. The lowest BCUT2D eigenvalue weighted by Gasteiger charge is -2.16. The number of ether oxygens (including phenoxy) is 1. The lowest BCUT2D eigenvalue weighted by atomic mass is 10.1. The van der Waals surface area contributed by atoms with Crippen LogP contribution in [0.3, 0.4) is 0 Å². The van der Waals surface area contributed by atoms with Gasteiger partial charge in [-0.05, 0) is 30.0 Å². The molecule has 0 aliphatic heterocycles. The first kappa shape index (κ1) is 14.0.